The van der Waals surface area contributed by atoms with E-state index in [-0.39, 0.29) is 5.78 Å². The van der Waals surface area contributed by atoms with Gasteiger partial charge in [0.25, 0.3) is 6.04 Å². The maximum Gasteiger partial charge on any atom is 0.270 e. The van der Waals surface area contributed by atoms with Gasteiger partial charge in [-0.25, -0.2) is 0 Å². The van der Waals surface area contributed by atoms with Crippen molar-refractivity contribution in [1.82, 2.24) is 0 Å². The summed E-state index contributed by atoms with van der Waals surface area (Å²) in [6.07, 6.45) is 4.85. The van der Waals surface area contributed by atoms with Crippen LogP contribution in [0.1, 0.15) is 51.0 Å². The predicted octanol–water partition coefficient (Wildman–Crippen LogP) is 3.80. The Balaban J connectivity index is 2.32. The number of ketones is 1. The maximum absolute atomic E-state index is 11.8. The van der Waals surface area contributed by atoms with E-state index in [2.05, 4.69) is 12.1 Å². The number of aryl methyl sites for hydroxylation is 1. The SMILES string of the molecule is CCCCC(=O)C(CCCCc1ccccc1)[N+](=O)[O-]. The zero-order valence-corrected chi connectivity index (χ0v) is 12.1. The first-order chi connectivity index (χ1) is 9.65. The highest BCUT2D eigenvalue weighted by atomic mass is 16.6. The van der Waals surface area contributed by atoms with Crippen molar-refractivity contribution in [2.45, 2.75) is 57.9 Å². The van der Waals surface area contributed by atoms with E-state index in [4.69, 9.17) is 0 Å². The number of carbonyl (C=O) groups excluding carboxylic acids is 1. The quantitative estimate of drug-likeness (QED) is 0.371. The van der Waals surface area contributed by atoms with Crippen LogP contribution in [0.2, 0.25) is 0 Å². The molecule has 0 saturated heterocycles. The van der Waals surface area contributed by atoms with E-state index in [0.29, 0.717) is 12.8 Å². The molecular weight excluding hydrogens is 254 g/mol. The van der Waals surface area contributed by atoms with Gasteiger partial charge < -0.3 is 0 Å². The lowest BCUT2D eigenvalue weighted by molar-refractivity contribution is -0.508. The number of rotatable bonds is 10. The smallest absolute Gasteiger partial charge is 0.270 e. The molecule has 4 nitrogen and oxygen atoms in total. The summed E-state index contributed by atoms with van der Waals surface area (Å²) in [5.74, 6) is -0.212. The summed E-state index contributed by atoms with van der Waals surface area (Å²) in [6.45, 7) is 1.98. The van der Waals surface area contributed by atoms with Crippen LogP contribution in [0.5, 0.6) is 0 Å². The lowest BCUT2D eigenvalue weighted by atomic mass is 10.00. The highest BCUT2D eigenvalue weighted by molar-refractivity contribution is 5.82. The van der Waals surface area contributed by atoms with Crippen LogP contribution in [-0.4, -0.2) is 16.7 Å². The molecule has 20 heavy (non-hydrogen) atoms. The Morgan fingerprint density at radius 3 is 2.50 bits per heavy atom. The molecule has 1 atom stereocenters. The zero-order chi connectivity index (χ0) is 14.8. The number of unbranched alkanes of at least 4 members (excludes halogenated alkanes) is 2. The van der Waals surface area contributed by atoms with Crippen LogP contribution >= 0.6 is 0 Å². The van der Waals surface area contributed by atoms with Gasteiger partial charge in [0.05, 0.1) is 0 Å². The van der Waals surface area contributed by atoms with Crippen molar-refractivity contribution in [2.24, 2.45) is 0 Å². The van der Waals surface area contributed by atoms with E-state index >= 15 is 0 Å². The van der Waals surface area contributed by atoms with Gasteiger partial charge in [-0.2, -0.15) is 0 Å². The van der Waals surface area contributed by atoms with Gasteiger partial charge in [-0.05, 0) is 31.2 Å². The minimum Gasteiger partial charge on any atom is -0.292 e. The third-order valence-corrected chi connectivity index (χ3v) is 3.44. The van der Waals surface area contributed by atoms with Crippen molar-refractivity contribution in [2.75, 3.05) is 0 Å². The Kier molecular flexibility index (Phi) is 7.55. The number of carbonyl (C=O) groups is 1. The Hall–Kier alpha value is -1.71. The molecule has 0 bridgehead atoms. The number of nitrogens with zero attached hydrogens (tertiary/aromatic N) is 1. The second kappa shape index (κ2) is 9.23. The van der Waals surface area contributed by atoms with E-state index < -0.39 is 11.0 Å². The molecule has 0 aliphatic carbocycles. The largest absolute Gasteiger partial charge is 0.292 e. The summed E-state index contributed by atoms with van der Waals surface area (Å²) in [7, 11) is 0. The minimum absolute atomic E-state index is 0.212. The molecule has 0 aromatic heterocycles. The molecular formula is C16H23NO3. The second-order valence-corrected chi connectivity index (χ2v) is 5.10. The van der Waals surface area contributed by atoms with Crippen LogP contribution in [-0.2, 0) is 11.2 Å². The third kappa shape index (κ3) is 5.95. The third-order valence-electron chi connectivity index (χ3n) is 3.44. The summed E-state index contributed by atoms with van der Waals surface area (Å²) in [5.41, 5.74) is 1.24. The molecule has 0 aliphatic rings. The predicted molar refractivity (Wildman–Crippen MR) is 79.3 cm³/mol. The fourth-order valence-electron chi connectivity index (χ4n) is 2.21. The highest BCUT2D eigenvalue weighted by Crippen LogP contribution is 2.12. The Morgan fingerprint density at radius 1 is 1.20 bits per heavy atom. The van der Waals surface area contributed by atoms with Crippen molar-refractivity contribution in [3.05, 3.63) is 46.0 Å². The number of hydrogen-bond acceptors (Lipinski definition) is 3. The molecule has 1 aromatic rings. The molecule has 1 aromatic carbocycles. The van der Waals surface area contributed by atoms with E-state index in [1.807, 2.05) is 25.1 Å². The average molecular weight is 277 g/mol. The molecule has 4 heteroatoms. The lowest BCUT2D eigenvalue weighted by Crippen LogP contribution is -2.29. The fraction of sp³-hybridized carbons (Fsp3) is 0.562. The van der Waals surface area contributed by atoms with Crippen LogP contribution in [0.3, 0.4) is 0 Å². The lowest BCUT2D eigenvalue weighted by Gasteiger charge is -2.08. The molecule has 1 unspecified atom stereocenters. The summed E-state index contributed by atoms with van der Waals surface area (Å²) in [4.78, 5) is 22.3. The molecule has 0 amide bonds. The first-order valence-corrected chi connectivity index (χ1v) is 7.35. The molecule has 0 fully saturated rings. The summed E-state index contributed by atoms with van der Waals surface area (Å²) >= 11 is 0. The van der Waals surface area contributed by atoms with Gasteiger partial charge in [-0.15, -0.1) is 0 Å². The van der Waals surface area contributed by atoms with E-state index in [1.54, 1.807) is 0 Å². The number of Topliss-reactive ketones (excluding diaryl/α,β-unsaturated/α-hetero) is 1. The summed E-state index contributed by atoms with van der Waals surface area (Å²) in [6, 6.07) is 9.05. The van der Waals surface area contributed by atoms with Crippen molar-refractivity contribution in [1.29, 1.82) is 0 Å². The fourth-order valence-corrected chi connectivity index (χ4v) is 2.21. The molecule has 0 radical (unpaired) electrons. The van der Waals surface area contributed by atoms with Crippen LogP contribution in [0.4, 0.5) is 0 Å². The maximum atomic E-state index is 11.8. The number of nitro groups is 1. The number of benzene rings is 1. The van der Waals surface area contributed by atoms with Crippen LogP contribution in [0.15, 0.2) is 30.3 Å². The van der Waals surface area contributed by atoms with Gasteiger partial charge in [-0.3, -0.25) is 14.9 Å². The Bertz CT molecular complexity index is 417. The van der Waals surface area contributed by atoms with Gasteiger partial charge in [0.15, 0.2) is 0 Å². The monoisotopic (exact) mass is 277 g/mol. The first kappa shape index (κ1) is 16.3. The van der Waals surface area contributed by atoms with Crippen molar-refractivity contribution < 1.29 is 9.72 Å². The normalized spacial score (nSPS) is 12.1. The van der Waals surface area contributed by atoms with Crippen molar-refractivity contribution in [3.8, 4) is 0 Å². The first-order valence-electron chi connectivity index (χ1n) is 7.35. The summed E-state index contributed by atoms with van der Waals surface area (Å²) < 4.78 is 0. The zero-order valence-electron chi connectivity index (χ0n) is 12.1. The summed E-state index contributed by atoms with van der Waals surface area (Å²) in [5, 5.41) is 11.0. The number of hydrogen-bond donors (Lipinski definition) is 0. The average Bonchev–Trinajstić information content (AvgIpc) is 2.45. The van der Waals surface area contributed by atoms with Gasteiger partial charge in [0.2, 0.25) is 5.78 Å². The molecule has 110 valence electrons. The van der Waals surface area contributed by atoms with Gasteiger partial charge >= 0.3 is 0 Å². The molecule has 1 rings (SSSR count). The van der Waals surface area contributed by atoms with E-state index in [1.165, 1.54) is 5.56 Å². The van der Waals surface area contributed by atoms with Crippen LogP contribution in [0.25, 0.3) is 0 Å². The van der Waals surface area contributed by atoms with Crippen molar-refractivity contribution >= 4 is 5.78 Å². The van der Waals surface area contributed by atoms with Crippen molar-refractivity contribution in [3.63, 3.8) is 0 Å². The minimum atomic E-state index is -1.00. The molecule has 0 heterocycles. The molecule has 0 spiro atoms. The Labute approximate surface area is 120 Å². The van der Waals surface area contributed by atoms with Gasteiger partial charge in [0.1, 0.15) is 0 Å². The topological polar surface area (TPSA) is 60.2 Å². The van der Waals surface area contributed by atoms with Crippen LogP contribution < -0.4 is 0 Å². The Morgan fingerprint density at radius 2 is 1.90 bits per heavy atom. The molecule has 0 aliphatic heterocycles. The molecule has 0 saturated carbocycles. The van der Waals surface area contributed by atoms with Gasteiger partial charge in [0, 0.05) is 17.8 Å². The molecule has 0 N–H and O–H groups in total. The van der Waals surface area contributed by atoms with E-state index in [9.17, 15) is 14.9 Å². The standard InChI is InChI=1S/C16H23NO3/c1-2-3-13-16(18)15(17(19)20)12-8-7-11-14-9-5-4-6-10-14/h4-6,9-10,15H,2-3,7-8,11-13H2,1H3. The second-order valence-electron chi connectivity index (χ2n) is 5.10. The van der Waals surface area contributed by atoms with Crippen LogP contribution in [0, 0.1) is 10.1 Å². The van der Waals surface area contributed by atoms with E-state index in [0.717, 1.165) is 32.1 Å². The highest BCUT2D eigenvalue weighted by Gasteiger charge is 2.27. The van der Waals surface area contributed by atoms with Gasteiger partial charge in [-0.1, -0.05) is 43.7 Å².